The third-order valence-corrected chi connectivity index (χ3v) is 4.03. The summed E-state index contributed by atoms with van der Waals surface area (Å²) in [7, 11) is 1.92. The third-order valence-electron chi connectivity index (χ3n) is 3.26. The lowest BCUT2D eigenvalue weighted by Crippen LogP contribution is -2.30. The first kappa shape index (κ1) is 14.2. The molecule has 1 N–H and O–H groups in total. The van der Waals surface area contributed by atoms with Crippen LogP contribution in [-0.4, -0.2) is 13.1 Å². The van der Waals surface area contributed by atoms with Crippen molar-refractivity contribution in [1.82, 2.24) is 5.32 Å². The molecule has 1 atom stereocenters. The number of hydrogen-bond acceptors (Lipinski definition) is 1. The van der Waals surface area contributed by atoms with Gasteiger partial charge in [-0.05, 0) is 43.1 Å². The Balaban J connectivity index is 2.09. The van der Waals surface area contributed by atoms with E-state index in [2.05, 4.69) is 27.3 Å². The number of halogens is 2. The third kappa shape index (κ3) is 3.88. The van der Waals surface area contributed by atoms with Gasteiger partial charge in [0.05, 0.1) is 0 Å². The predicted octanol–water partition coefficient (Wildman–Crippen LogP) is 3.96. The number of rotatable bonds is 5. The van der Waals surface area contributed by atoms with Gasteiger partial charge in [-0.2, -0.15) is 0 Å². The van der Waals surface area contributed by atoms with Crippen LogP contribution in [0.3, 0.4) is 0 Å². The average Bonchev–Trinajstić information content (AvgIpc) is 2.42. The summed E-state index contributed by atoms with van der Waals surface area (Å²) in [5.41, 5.74) is 1.99. The maximum absolute atomic E-state index is 13.7. The van der Waals surface area contributed by atoms with Crippen molar-refractivity contribution in [3.8, 4) is 0 Å². The zero-order chi connectivity index (χ0) is 13.7. The monoisotopic (exact) mass is 321 g/mol. The predicted molar refractivity (Wildman–Crippen MR) is 80.8 cm³/mol. The van der Waals surface area contributed by atoms with E-state index in [0.29, 0.717) is 6.42 Å². The topological polar surface area (TPSA) is 12.0 Å². The van der Waals surface area contributed by atoms with E-state index in [1.54, 1.807) is 6.07 Å². The van der Waals surface area contributed by atoms with Gasteiger partial charge in [0.15, 0.2) is 0 Å². The molecule has 0 saturated carbocycles. The van der Waals surface area contributed by atoms with Crippen LogP contribution in [0.1, 0.15) is 11.1 Å². The Labute approximate surface area is 122 Å². The second-order valence-corrected chi connectivity index (χ2v) is 5.43. The highest BCUT2D eigenvalue weighted by molar-refractivity contribution is 9.10. The van der Waals surface area contributed by atoms with Gasteiger partial charge in [0.1, 0.15) is 5.82 Å². The highest BCUT2D eigenvalue weighted by atomic mass is 79.9. The van der Waals surface area contributed by atoms with E-state index in [4.69, 9.17) is 0 Å². The molecule has 3 heteroatoms. The number of likely N-dealkylation sites (N-methyl/N-ethyl adjacent to an activating group) is 1. The molecule has 0 spiro atoms. The number of nitrogens with one attached hydrogen (secondary N) is 1. The first-order chi connectivity index (χ1) is 9.20. The van der Waals surface area contributed by atoms with Crippen LogP contribution < -0.4 is 5.32 Å². The second-order valence-electron chi connectivity index (χ2n) is 4.58. The Kier molecular flexibility index (Phi) is 5.11. The quantitative estimate of drug-likeness (QED) is 0.878. The molecule has 0 aliphatic heterocycles. The summed E-state index contributed by atoms with van der Waals surface area (Å²) in [4.78, 5) is 0. The average molecular weight is 322 g/mol. The lowest BCUT2D eigenvalue weighted by atomic mass is 9.99. The fraction of sp³-hybridized carbons (Fsp3) is 0.250. The second kappa shape index (κ2) is 6.83. The van der Waals surface area contributed by atoms with Crippen molar-refractivity contribution >= 4 is 15.9 Å². The Morgan fingerprint density at radius 2 is 1.58 bits per heavy atom. The summed E-state index contributed by atoms with van der Waals surface area (Å²) < 4.78 is 14.8. The number of benzene rings is 2. The summed E-state index contributed by atoms with van der Waals surface area (Å²) >= 11 is 3.55. The lowest BCUT2D eigenvalue weighted by molar-refractivity contribution is 0.531. The van der Waals surface area contributed by atoms with Gasteiger partial charge in [-0.25, -0.2) is 4.39 Å². The fourth-order valence-corrected chi connectivity index (χ4v) is 2.58. The molecule has 1 unspecified atom stereocenters. The van der Waals surface area contributed by atoms with Crippen LogP contribution in [0.4, 0.5) is 4.39 Å². The van der Waals surface area contributed by atoms with Crippen molar-refractivity contribution in [2.75, 3.05) is 7.05 Å². The highest BCUT2D eigenvalue weighted by Crippen LogP contribution is 2.19. The molecule has 100 valence electrons. The van der Waals surface area contributed by atoms with E-state index in [9.17, 15) is 4.39 Å². The molecule has 0 fully saturated rings. The Morgan fingerprint density at radius 3 is 2.21 bits per heavy atom. The molecule has 19 heavy (non-hydrogen) atoms. The van der Waals surface area contributed by atoms with Crippen LogP contribution in [-0.2, 0) is 12.8 Å². The van der Waals surface area contributed by atoms with E-state index in [0.717, 1.165) is 16.5 Å². The molecule has 0 radical (unpaired) electrons. The summed E-state index contributed by atoms with van der Waals surface area (Å²) in [6, 6.07) is 15.3. The summed E-state index contributed by atoms with van der Waals surface area (Å²) in [5.74, 6) is -0.130. The van der Waals surface area contributed by atoms with Gasteiger partial charge < -0.3 is 5.32 Å². The molecule has 0 aliphatic rings. The molecule has 0 aliphatic carbocycles. The largest absolute Gasteiger partial charge is 0.316 e. The van der Waals surface area contributed by atoms with Gasteiger partial charge in [-0.1, -0.05) is 52.3 Å². The van der Waals surface area contributed by atoms with Crippen molar-refractivity contribution in [3.05, 3.63) is 69.9 Å². The highest BCUT2D eigenvalue weighted by Gasteiger charge is 2.12. The van der Waals surface area contributed by atoms with E-state index in [-0.39, 0.29) is 11.9 Å². The van der Waals surface area contributed by atoms with Crippen LogP contribution in [0.25, 0.3) is 0 Å². The standard InChI is InChI=1S/C16H17BrFN/c1-19-14(10-12-6-2-4-8-15(12)17)11-13-7-3-5-9-16(13)18/h2-9,14,19H,10-11H2,1H3. The van der Waals surface area contributed by atoms with Crippen LogP contribution in [0.2, 0.25) is 0 Å². The molecule has 0 aromatic heterocycles. The summed E-state index contributed by atoms with van der Waals surface area (Å²) in [6.07, 6.45) is 1.55. The van der Waals surface area contributed by atoms with Gasteiger partial charge in [-0.15, -0.1) is 0 Å². The SMILES string of the molecule is CNC(Cc1ccccc1F)Cc1ccccc1Br. The first-order valence-electron chi connectivity index (χ1n) is 6.34. The molecule has 2 aromatic carbocycles. The van der Waals surface area contributed by atoms with Crippen LogP contribution >= 0.6 is 15.9 Å². The van der Waals surface area contributed by atoms with Crippen molar-refractivity contribution in [1.29, 1.82) is 0 Å². The Hall–Kier alpha value is -1.19. The van der Waals surface area contributed by atoms with Crippen LogP contribution in [0.5, 0.6) is 0 Å². The maximum Gasteiger partial charge on any atom is 0.126 e. The molecule has 0 bridgehead atoms. The molecule has 2 rings (SSSR count). The molecule has 2 aromatic rings. The zero-order valence-electron chi connectivity index (χ0n) is 10.9. The molecule has 0 saturated heterocycles. The van der Waals surface area contributed by atoms with Crippen molar-refractivity contribution in [3.63, 3.8) is 0 Å². The van der Waals surface area contributed by atoms with Gasteiger partial charge in [-0.3, -0.25) is 0 Å². The molecule has 1 nitrogen and oxygen atoms in total. The van der Waals surface area contributed by atoms with Crippen molar-refractivity contribution in [2.45, 2.75) is 18.9 Å². The molecular formula is C16H17BrFN. The molecule has 0 amide bonds. The van der Waals surface area contributed by atoms with E-state index < -0.39 is 0 Å². The van der Waals surface area contributed by atoms with Crippen molar-refractivity contribution in [2.24, 2.45) is 0 Å². The Bertz CT molecular complexity index is 494. The minimum Gasteiger partial charge on any atom is -0.316 e. The molecular weight excluding hydrogens is 305 g/mol. The van der Waals surface area contributed by atoms with Gasteiger partial charge in [0.25, 0.3) is 0 Å². The van der Waals surface area contributed by atoms with Crippen LogP contribution in [0.15, 0.2) is 53.0 Å². The fourth-order valence-electron chi connectivity index (χ4n) is 2.14. The minimum absolute atomic E-state index is 0.130. The number of hydrogen-bond donors (Lipinski definition) is 1. The maximum atomic E-state index is 13.7. The van der Waals surface area contributed by atoms with E-state index in [1.807, 2.05) is 37.4 Å². The summed E-state index contributed by atoms with van der Waals surface area (Å²) in [5, 5.41) is 3.27. The smallest absolute Gasteiger partial charge is 0.126 e. The van der Waals surface area contributed by atoms with E-state index in [1.165, 1.54) is 11.6 Å². The van der Waals surface area contributed by atoms with Gasteiger partial charge in [0, 0.05) is 10.5 Å². The van der Waals surface area contributed by atoms with Crippen molar-refractivity contribution < 1.29 is 4.39 Å². The normalized spacial score (nSPS) is 12.4. The zero-order valence-corrected chi connectivity index (χ0v) is 12.5. The summed E-state index contributed by atoms with van der Waals surface area (Å²) in [6.45, 7) is 0. The molecule has 0 heterocycles. The Morgan fingerprint density at radius 1 is 1.00 bits per heavy atom. The van der Waals surface area contributed by atoms with Crippen LogP contribution in [0, 0.1) is 5.82 Å². The van der Waals surface area contributed by atoms with Gasteiger partial charge in [0.2, 0.25) is 0 Å². The minimum atomic E-state index is -0.130. The lowest BCUT2D eigenvalue weighted by Gasteiger charge is -2.17. The van der Waals surface area contributed by atoms with Gasteiger partial charge >= 0.3 is 0 Å². The first-order valence-corrected chi connectivity index (χ1v) is 7.14. The van der Waals surface area contributed by atoms with E-state index >= 15 is 0 Å².